The van der Waals surface area contributed by atoms with Crippen molar-refractivity contribution < 1.29 is 9.59 Å². The number of aryl methyl sites for hydroxylation is 1. The molecule has 6 heteroatoms. The molecule has 2 N–H and O–H groups in total. The van der Waals surface area contributed by atoms with Crippen LogP contribution in [-0.4, -0.2) is 17.1 Å². The molecule has 0 bridgehead atoms. The van der Waals surface area contributed by atoms with Crippen LogP contribution < -0.4 is 10.6 Å². The smallest absolute Gasteiger partial charge is 0.255 e. The third-order valence-electron chi connectivity index (χ3n) is 4.22. The molecule has 0 saturated carbocycles. The Balaban J connectivity index is 1.55. The van der Waals surface area contributed by atoms with Gasteiger partial charge in [-0.3, -0.25) is 9.59 Å². The molecule has 0 aliphatic carbocycles. The van der Waals surface area contributed by atoms with Crippen LogP contribution in [0.3, 0.4) is 0 Å². The Morgan fingerprint density at radius 1 is 0.828 bits per heavy atom. The average molecular weight is 516 g/mol. The number of carbonyl (C=O) groups excluding carboxylic acids is 2. The third-order valence-corrected chi connectivity index (χ3v) is 6.05. The molecule has 3 aromatic rings. The van der Waals surface area contributed by atoms with Gasteiger partial charge >= 0.3 is 0 Å². The molecule has 0 spiro atoms. The maximum absolute atomic E-state index is 12.4. The van der Waals surface area contributed by atoms with E-state index in [1.54, 1.807) is 0 Å². The van der Waals surface area contributed by atoms with Gasteiger partial charge in [0.15, 0.2) is 0 Å². The summed E-state index contributed by atoms with van der Waals surface area (Å²) < 4.78 is 1.12. The van der Waals surface area contributed by atoms with Gasteiger partial charge in [0.2, 0.25) is 5.91 Å². The molecule has 0 saturated heterocycles. The predicted molar refractivity (Wildman–Crippen MR) is 129 cm³/mol. The number of nitrogens with one attached hydrogen (secondary N) is 2. The second kappa shape index (κ2) is 9.93. The zero-order chi connectivity index (χ0) is 20.8. The Morgan fingerprint density at radius 3 is 2.00 bits per heavy atom. The fourth-order valence-electron chi connectivity index (χ4n) is 2.56. The highest BCUT2D eigenvalue weighted by Crippen LogP contribution is 2.26. The first kappa shape index (κ1) is 21.4. The summed E-state index contributed by atoms with van der Waals surface area (Å²) >= 11 is 3.70. The second-order valence-corrected chi connectivity index (χ2v) is 9.26. The fraction of sp³-hybridized carbons (Fsp3) is 0.130. The van der Waals surface area contributed by atoms with E-state index in [9.17, 15) is 9.59 Å². The number of thioether (sulfide) groups is 1. The Kier molecular flexibility index (Phi) is 7.33. The minimum Gasteiger partial charge on any atom is -0.325 e. The number of hydrogen-bond donors (Lipinski definition) is 2. The first-order chi connectivity index (χ1) is 13.9. The van der Waals surface area contributed by atoms with Crippen molar-refractivity contribution in [3.05, 3.63) is 87.5 Å². The van der Waals surface area contributed by atoms with E-state index in [1.807, 2.05) is 86.6 Å². The molecule has 148 valence electrons. The van der Waals surface area contributed by atoms with Crippen LogP contribution in [0.1, 0.15) is 22.8 Å². The predicted octanol–water partition coefficient (Wildman–Crippen LogP) is 5.97. The quantitative estimate of drug-likeness (QED) is 0.314. The molecule has 1 atom stereocenters. The van der Waals surface area contributed by atoms with Crippen molar-refractivity contribution in [3.8, 4) is 0 Å². The number of hydrogen-bond acceptors (Lipinski definition) is 3. The summed E-state index contributed by atoms with van der Waals surface area (Å²) in [7, 11) is 0. The zero-order valence-corrected chi connectivity index (χ0v) is 19.1. The lowest BCUT2D eigenvalue weighted by molar-refractivity contribution is -0.115. The van der Waals surface area contributed by atoms with E-state index in [-0.39, 0.29) is 17.1 Å². The van der Waals surface area contributed by atoms with Crippen LogP contribution in [0.5, 0.6) is 0 Å². The maximum atomic E-state index is 12.4. The third kappa shape index (κ3) is 6.33. The van der Waals surface area contributed by atoms with Crippen LogP contribution in [0.4, 0.5) is 11.4 Å². The lowest BCUT2D eigenvalue weighted by Gasteiger charge is -2.13. The van der Waals surface area contributed by atoms with Gasteiger partial charge in [0.05, 0.1) is 5.25 Å². The summed E-state index contributed by atoms with van der Waals surface area (Å²) in [6.07, 6.45) is 0. The molecule has 4 nitrogen and oxygen atoms in total. The van der Waals surface area contributed by atoms with Crippen molar-refractivity contribution in [1.82, 2.24) is 0 Å². The van der Waals surface area contributed by atoms with E-state index >= 15 is 0 Å². The van der Waals surface area contributed by atoms with Crippen LogP contribution >= 0.6 is 34.4 Å². The van der Waals surface area contributed by atoms with Crippen molar-refractivity contribution in [2.45, 2.75) is 24.0 Å². The molecule has 0 fully saturated rings. The monoisotopic (exact) mass is 516 g/mol. The van der Waals surface area contributed by atoms with E-state index in [2.05, 4.69) is 33.2 Å². The van der Waals surface area contributed by atoms with Crippen molar-refractivity contribution in [1.29, 1.82) is 0 Å². The van der Waals surface area contributed by atoms with Gasteiger partial charge in [-0.2, -0.15) is 0 Å². The van der Waals surface area contributed by atoms with Gasteiger partial charge in [0, 0.05) is 25.4 Å². The molecule has 3 rings (SSSR count). The summed E-state index contributed by atoms with van der Waals surface area (Å²) in [5.74, 6) is -0.191. The molecule has 29 heavy (non-hydrogen) atoms. The molecule has 1 unspecified atom stereocenters. The van der Waals surface area contributed by atoms with E-state index in [4.69, 9.17) is 0 Å². The van der Waals surface area contributed by atoms with Gasteiger partial charge in [0.1, 0.15) is 0 Å². The molecule has 3 aromatic carbocycles. The summed E-state index contributed by atoms with van der Waals surface area (Å²) in [5, 5.41) is 5.57. The SMILES string of the molecule is Cc1ccc(C(=O)Nc2ccc(SC(C)C(=O)Nc3ccc(I)cc3)cc2)cc1. The molecule has 2 amide bonds. The van der Waals surface area contributed by atoms with Gasteiger partial charge in [-0.05, 0) is 97.1 Å². The van der Waals surface area contributed by atoms with Crippen LogP contribution in [0, 0.1) is 10.5 Å². The lowest BCUT2D eigenvalue weighted by atomic mass is 10.1. The maximum Gasteiger partial charge on any atom is 0.255 e. The van der Waals surface area contributed by atoms with Crippen molar-refractivity contribution >= 4 is 57.5 Å². The van der Waals surface area contributed by atoms with Crippen LogP contribution in [0.2, 0.25) is 0 Å². The standard InChI is InChI=1S/C23H21IN2O2S/c1-15-3-5-17(6-4-15)23(28)26-20-11-13-21(14-12-20)29-16(2)22(27)25-19-9-7-18(24)8-10-19/h3-14,16H,1-2H3,(H,25,27)(H,26,28). The van der Waals surface area contributed by atoms with Gasteiger partial charge in [-0.15, -0.1) is 11.8 Å². The lowest BCUT2D eigenvalue weighted by Crippen LogP contribution is -2.22. The number of amides is 2. The molecule has 0 heterocycles. The minimum absolute atomic E-state index is 0.0482. The largest absolute Gasteiger partial charge is 0.325 e. The molecule has 0 aliphatic heterocycles. The number of anilines is 2. The van der Waals surface area contributed by atoms with E-state index in [0.717, 1.165) is 25.4 Å². The summed E-state index contributed by atoms with van der Waals surface area (Å²) in [6.45, 7) is 3.86. The highest BCUT2D eigenvalue weighted by Gasteiger charge is 2.15. The summed E-state index contributed by atoms with van der Waals surface area (Å²) in [5.41, 5.74) is 3.24. The Labute approximate surface area is 188 Å². The van der Waals surface area contributed by atoms with Crippen LogP contribution in [0.15, 0.2) is 77.7 Å². The Hall–Kier alpha value is -2.32. The average Bonchev–Trinajstić information content (AvgIpc) is 2.71. The molecule has 0 aromatic heterocycles. The summed E-state index contributed by atoms with van der Waals surface area (Å²) in [4.78, 5) is 25.7. The minimum atomic E-state index is -0.248. The van der Waals surface area contributed by atoms with Gasteiger partial charge < -0.3 is 10.6 Å². The highest BCUT2D eigenvalue weighted by molar-refractivity contribution is 14.1. The van der Waals surface area contributed by atoms with Crippen molar-refractivity contribution in [2.75, 3.05) is 10.6 Å². The van der Waals surface area contributed by atoms with Crippen LogP contribution in [-0.2, 0) is 4.79 Å². The normalized spacial score (nSPS) is 11.6. The highest BCUT2D eigenvalue weighted by atomic mass is 127. The molecule has 0 radical (unpaired) electrons. The van der Waals surface area contributed by atoms with Crippen LogP contribution in [0.25, 0.3) is 0 Å². The van der Waals surface area contributed by atoms with Crippen molar-refractivity contribution in [2.24, 2.45) is 0 Å². The summed E-state index contributed by atoms with van der Waals surface area (Å²) in [6, 6.07) is 22.6. The van der Waals surface area contributed by atoms with Gasteiger partial charge in [-0.1, -0.05) is 17.7 Å². The van der Waals surface area contributed by atoms with E-state index in [1.165, 1.54) is 11.8 Å². The molecule has 0 aliphatic rings. The van der Waals surface area contributed by atoms with Gasteiger partial charge in [0.25, 0.3) is 5.91 Å². The van der Waals surface area contributed by atoms with Crippen molar-refractivity contribution in [3.63, 3.8) is 0 Å². The number of carbonyl (C=O) groups is 2. The number of halogens is 1. The van der Waals surface area contributed by atoms with E-state index < -0.39 is 0 Å². The molecular weight excluding hydrogens is 495 g/mol. The Bertz CT molecular complexity index is 987. The zero-order valence-electron chi connectivity index (χ0n) is 16.1. The van der Waals surface area contributed by atoms with Gasteiger partial charge in [-0.25, -0.2) is 0 Å². The number of rotatable bonds is 6. The second-order valence-electron chi connectivity index (χ2n) is 6.60. The fourth-order valence-corrected chi connectivity index (χ4v) is 3.79. The Morgan fingerprint density at radius 2 is 1.38 bits per heavy atom. The topological polar surface area (TPSA) is 58.2 Å². The van der Waals surface area contributed by atoms with E-state index in [0.29, 0.717) is 5.56 Å². The first-order valence-electron chi connectivity index (χ1n) is 9.12. The molecular formula is C23H21IN2O2S. The first-order valence-corrected chi connectivity index (χ1v) is 11.1. The number of benzene rings is 3.